The number of amides is 1. The second-order valence-electron chi connectivity index (χ2n) is 6.42. The van der Waals surface area contributed by atoms with E-state index in [2.05, 4.69) is 15.3 Å². The number of aromatic amines is 1. The van der Waals surface area contributed by atoms with E-state index in [9.17, 15) is 14.0 Å². The van der Waals surface area contributed by atoms with Crippen molar-refractivity contribution in [1.29, 1.82) is 0 Å². The number of pyridine rings is 1. The monoisotopic (exact) mass is 437 g/mol. The minimum atomic E-state index is -0.767. The Morgan fingerprint density at radius 2 is 2.03 bits per heavy atom. The number of carbonyl (C=O) groups excluding carboxylic acids is 1. The maximum absolute atomic E-state index is 13.2. The van der Waals surface area contributed by atoms with Crippen LogP contribution in [0.4, 0.5) is 15.9 Å². The van der Waals surface area contributed by atoms with Crippen LogP contribution < -0.4 is 16.7 Å². The minimum Gasteiger partial charge on any atom is -0.396 e. The van der Waals surface area contributed by atoms with E-state index in [0.717, 1.165) is 18.1 Å². The molecule has 29 heavy (non-hydrogen) atoms. The number of nitrogens with one attached hydrogen (secondary N) is 2. The Hall–Kier alpha value is -2.84. The van der Waals surface area contributed by atoms with Crippen LogP contribution in [0.2, 0.25) is 10.0 Å². The van der Waals surface area contributed by atoms with Gasteiger partial charge < -0.3 is 16.0 Å². The fourth-order valence-electron chi connectivity index (χ4n) is 2.80. The molecule has 0 saturated heterocycles. The summed E-state index contributed by atoms with van der Waals surface area (Å²) in [7, 11) is 0. The molecular formula is C19H18Cl2FN5O2. The fourth-order valence-corrected chi connectivity index (χ4v) is 3.30. The summed E-state index contributed by atoms with van der Waals surface area (Å²) in [6.45, 7) is -0.254. The van der Waals surface area contributed by atoms with Crippen LogP contribution in [0.5, 0.6) is 0 Å². The molecule has 2 heterocycles. The SMILES string of the molecule is Nc1ccc(F)nc1NC(=O)Cn1cc(CCCc2ccc(Cl)cc2Cl)[nH]c1=O. The number of anilines is 2. The molecule has 0 unspecified atom stereocenters. The molecule has 2 aromatic heterocycles. The molecule has 0 aliphatic carbocycles. The maximum atomic E-state index is 13.2. The number of rotatable bonds is 7. The van der Waals surface area contributed by atoms with Crippen LogP contribution in [0.15, 0.2) is 41.3 Å². The highest BCUT2D eigenvalue weighted by atomic mass is 35.5. The van der Waals surface area contributed by atoms with E-state index in [1.807, 2.05) is 6.07 Å². The van der Waals surface area contributed by atoms with E-state index >= 15 is 0 Å². The number of aryl methyl sites for hydroxylation is 2. The van der Waals surface area contributed by atoms with Crippen LogP contribution in [0, 0.1) is 5.95 Å². The molecule has 0 aliphatic rings. The molecule has 1 amide bonds. The maximum Gasteiger partial charge on any atom is 0.326 e. The van der Waals surface area contributed by atoms with Gasteiger partial charge in [0.2, 0.25) is 11.9 Å². The molecule has 0 saturated carbocycles. The zero-order chi connectivity index (χ0) is 21.0. The molecule has 152 valence electrons. The third-order valence-electron chi connectivity index (χ3n) is 4.21. The van der Waals surface area contributed by atoms with Crippen molar-refractivity contribution in [3.05, 3.63) is 74.3 Å². The highest BCUT2D eigenvalue weighted by Crippen LogP contribution is 2.22. The summed E-state index contributed by atoms with van der Waals surface area (Å²) in [6.07, 6.45) is 3.64. The number of hydrogen-bond donors (Lipinski definition) is 3. The van der Waals surface area contributed by atoms with Gasteiger partial charge in [-0.1, -0.05) is 29.3 Å². The Balaban J connectivity index is 1.57. The lowest BCUT2D eigenvalue weighted by atomic mass is 10.1. The molecule has 0 atom stereocenters. The number of nitrogens with two attached hydrogens (primary N) is 1. The van der Waals surface area contributed by atoms with Gasteiger partial charge in [-0.3, -0.25) is 9.36 Å². The second-order valence-corrected chi connectivity index (χ2v) is 7.27. The predicted molar refractivity (Wildman–Crippen MR) is 111 cm³/mol. The number of benzene rings is 1. The van der Waals surface area contributed by atoms with Crippen LogP contribution in [0.1, 0.15) is 17.7 Å². The summed E-state index contributed by atoms with van der Waals surface area (Å²) in [4.78, 5) is 30.5. The van der Waals surface area contributed by atoms with Crippen molar-refractivity contribution in [1.82, 2.24) is 14.5 Å². The Bertz CT molecular complexity index is 1100. The van der Waals surface area contributed by atoms with Gasteiger partial charge in [-0.2, -0.15) is 9.37 Å². The molecule has 3 rings (SSSR count). The van der Waals surface area contributed by atoms with Gasteiger partial charge in [0.05, 0.1) is 5.69 Å². The topological polar surface area (TPSA) is 106 Å². The molecule has 1 aromatic carbocycles. The van der Waals surface area contributed by atoms with Crippen LogP contribution in [0.25, 0.3) is 0 Å². The molecule has 3 aromatic rings. The van der Waals surface area contributed by atoms with E-state index in [-0.39, 0.29) is 18.1 Å². The van der Waals surface area contributed by atoms with Crippen molar-refractivity contribution in [2.75, 3.05) is 11.1 Å². The second kappa shape index (κ2) is 9.11. The minimum absolute atomic E-state index is 0.0846. The summed E-state index contributed by atoms with van der Waals surface area (Å²) in [5.74, 6) is -1.40. The van der Waals surface area contributed by atoms with E-state index in [4.69, 9.17) is 28.9 Å². The molecule has 0 aliphatic heterocycles. The summed E-state index contributed by atoms with van der Waals surface area (Å²) in [5, 5.41) is 3.58. The van der Waals surface area contributed by atoms with Crippen LogP contribution in [-0.4, -0.2) is 20.4 Å². The lowest BCUT2D eigenvalue weighted by molar-refractivity contribution is -0.116. The van der Waals surface area contributed by atoms with Gasteiger partial charge in [-0.05, 0) is 49.1 Å². The average Bonchev–Trinajstić information content (AvgIpc) is 2.99. The summed E-state index contributed by atoms with van der Waals surface area (Å²) in [5.41, 5.74) is 7.02. The van der Waals surface area contributed by atoms with Gasteiger partial charge in [0, 0.05) is 21.9 Å². The lowest BCUT2D eigenvalue weighted by Gasteiger charge is -2.07. The van der Waals surface area contributed by atoms with Crippen molar-refractivity contribution in [2.24, 2.45) is 0 Å². The predicted octanol–water partition coefficient (Wildman–Crippen LogP) is 3.41. The number of H-pyrrole nitrogens is 1. The molecule has 0 radical (unpaired) electrons. The van der Waals surface area contributed by atoms with Crippen molar-refractivity contribution in [3.8, 4) is 0 Å². The number of hydrogen-bond acceptors (Lipinski definition) is 4. The number of carbonyl (C=O) groups is 1. The van der Waals surface area contributed by atoms with Crippen molar-refractivity contribution in [2.45, 2.75) is 25.8 Å². The van der Waals surface area contributed by atoms with Crippen molar-refractivity contribution in [3.63, 3.8) is 0 Å². The van der Waals surface area contributed by atoms with Crippen LogP contribution in [0.3, 0.4) is 0 Å². The molecule has 4 N–H and O–H groups in total. The number of aromatic nitrogens is 3. The molecule has 0 fully saturated rings. The fraction of sp³-hybridized carbons (Fsp3) is 0.211. The summed E-state index contributed by atoms with van der Waals surface area (Å²) in [6, 6.07) is 7.72. The van der Waals surface area contributed by atoms with E-state index in [1.54, 1.807) is 18.3 Å². The zero-order valence-corrected chi connectivity index (χ0v) is 16.7. The first kappa shape index (κ1) is 20.9. The highest BCUT2D eigenvalue weighted by molar-refractivity contribution is 6.35. The van der Waals surface area contributed by atoms with E-state index < -0.39 is 17.5 Å². The number of nitrogen functional groups attached to an aromatic ring is 1. The first-order valence-electron chi connectivity index (χ1n) is 8.76. The Morgan fingerprint density at radius 1 is 1.24 bits per heavy atom. The van der Waals surface area contributed by atoms with Gasteiger partial charge in [-0.15, -0.1) is 0 Å². The first-order chi connectivity index (χ1) is 13.8. The average molecular weight is 438 g/mol. The quantitative estimate of drug-likeness (QED) is 0.492. The smallest absolute Gasteiger partial charge is 0.326 e. The van der Waals surface area contributed by atoms with Gasteiger partial charge in [-0.25, -0.2) is 4.79 Å². The molecule has 10 heteroatoms. The number of imidazole rings is 1. The van der Waals surface area contributed by atoms with Crippen molar-refractivity contribution >= 4 is 40.6 Å². The summed E-state index contributed by atoms with van der Waals surface area (Å²) >= 11 is 12.0. The Labute approximate surface area is 175 Å². The van der Waals surface area contributed by atoms with Gasteiger partial charge >= 0.3 is 5.69 Å². The van der Waals surface area contributed by atoms with Gasteiger partial charge in [0.15, 0.2) is 5.82 Å². The lowest BCUT2D eigenvalue weighted by Crippen LogP contribution is -2.26. The third-order valence-corrected chi connectivity index (χ3v) is 4.80. The standard InChI is InChI=1S/C19H18Cl2FN5O2/c20-12-5-4-11(14(21)8-12)2-1-3-13-9-27(19(29)24-13)10-17(28)26-18-15(23)6-7-16(22)25-18/h4-9H,1-3,10,23H2,(H,24,29)(H,25,26,28). The first-order valence-corrected chi connectivity index (χ1v) is 9.51. The highest BCUT2D eigenvalue weighted by Gasteiger charge is 2.11. The Morgan fingerprint density at radius 3 is 2.79 bits per heavy atom. The zero-order valence-electron chi connectivity index (χ0n) is 15.2. The van der Waals surface area contributed by atoms with Crippen LogP contribution >= 0.6 is 23.2 Å². The molecule has 7 nitrogen and oxygen atoms in total. The van der Waals surface area contributed by atoms with E-state index in [0.29, 0.717) is 28.6 Å². The van der Waals surface area contributed by atoms with Gasteiger partial charge in [0.1, 0.15) is 6.54 Å². The third kappa shape index (κ3) is 5.58. The normalized spacial score (nSPS) is 10.9. The number of nitrogens with zero attached hydrogens (tertiary/aromatic N) is 2. The van der Waals surface area contributed by atoms with Crippen LogP contribution in [-0.2, 0) is 24.2 Å². The molecular weight excluding hydrogens is 420 g/mol. The molecule has 0 spiro atoms. The van der Waals surface area contributed by atoms with E-state index in [1.165, 1.54) is 10.6 Å². The Kier molecular flexibility index (Phi) is 6.56. The van der Waals surface area contributed by atoms with Crippen molar-refractivity contribution < 1.29 is 9.18 Å². The summed E-state index contributed by atoms with van der Waals surface area (Å²) < 4.78 is 14.4. The largest absolute Gasteiger partial charge is 0.396 e. The molecule has 0 bridgehead atoms. The number of halogens is 3. The van der Waals surface area contributed by atoms with Gasteiger partial charge in [0.25, 0.3) is 0 Å².